The summed E-state index contributed by atoms with van der Waals surface area (Å²) in [6, 6.07) is 4.31. The number of carbonyl (C=O) groups is 1. The summed E-state index contributed by atoms with van der Waals surface area (Å²) in [6.45, 7) is 7.17. The van der Waals surface area contributed by atoms with Gasteiger partial charge in [0.1, 0.15) is 0 Å². The van der Waals surface area contributed by atoms with E-state index in [1.54, 1.807) is 0 Å². The first kappa shape index (κ1) is 18.9. The van der Waals surface area contributed by atoms with Crippen LogP contribution in [0.3, 0.4) is 0 Å². The smallest absolute Gasteiger partial charge is 0.335 e. The fourth-order valence-corrected chi connectivity index (χ4v) is 4.35. The molecule has 1 saturated heterocycles. The summed E-state index contributed by atoms with van der Waals surface area (Å²) < 4.78 is 27.4. The average molecular weight is 354 g/mol. The molecule has 1 aromatic rings. The Balaban J connectivity index is 1.90. The molecule has 0 radical (unpaired) electrons. The molecule has 0 aromatic heterocycles. The number of sulfonamides is 1. The highest BCUT2D eigenvalue weighted by atomic mass is 32.2. The third-order valence-corrected chi connectivity index (χ3v) is 6.23. The molecule has 2 N–H and O–H groups in total. The Morgan fingerprint density at radius 2 is 2.00 bits per heavy atom. The van der Waals surface area contributed by atoms with E-state index < -0.39 is 16.0 Å². The van der Waals surface area contributed by atoms with Gasteiger partial charge in [-0.3, -0.25) is 0 Å². The molecule has 134 valence electrons. The number of aromatic carboxylic acids is 1. The number of likely N-dealkylation sites (tertiary alicyclic amines) is 1. The van der Waals surface area contributed by atoms with Crippen LogP contribution < -0.4 is 4.72 Å². The van der Waals surface area contributed by atoms with Crippen molar-refractivity contribution in [2.75, 3.05) is 26.2 Å². The molecule has 0 bridgehead atoms. The zero-order valence-corrected chi connectivity index (χ0v) is 15.1. The lowest BCUT2D eigenvalue weighted by molar-refractivity contribution is 0.0696. The van der Waals surface area contributed by atoms with Gasteiger partial charge in [-0.15, -0.1) is 0 Å². The molecular weight excluding hydrogens is 328 g/mol. The van der Waals surface area contributed by atoms with Gasteiger partial charge >= 0.3 is 5.97 Å². The van der Waals surface area contributed by atoms with Crippen molar-refractivity contribution in [1.29, 1.82) is 0 Å². The summed E-state index contributed by atoms with van der Waals surface area (Å²) in [5.41, 5.74) is 0.280. The number of piperidine rings is 1. The second-order valence-electron chi connectivity index (χ2n) is 6.51. The maximum absolute atomic E-state index is 12.4. The number of hydrogen-bond acceptors (Lipinski definition) is 4. The largest absolute Gasteiger partial charge is 0.478 e. The predicted octanol–water partition coefficient (Wildman–Crippen LogP) is 2.09. The summed E-state index contributed by atoms with van der Waals surface area (Å²) in [5, 5.41) is 9.11. The second kappa shape index (κ2) is 8.09. The molecule has 1 aromatic carbocycles. The van der Waals surface area contributed by atoms with Crippen LogP contribution in [0.15, 0.2) is 23.1 Å². The fraction of sp³-hybridized carbons (Fsp3) is 0.588. The minimum Gasteiger partial charge on any atom is -0.478 e. The molecule has 0 unspecified atom stereocenters. The average Bonchev–Trinajstić information content (AvgIpc) is 2.53. The van der Waals surface area contributed by atoms with Crippen molar-refractivity contribution in [3.63, 3.8) is 0 Å². The molecule has 0 saturated carbocycles. The molecule has 1 aliphatic rings. The first-order chi connectivity index (χ1) is 11.3. The monoisotopic (exact) mass is 354 g/mol. The normalized spacial score (nSPS) is 17.1. The van der Waals surface area contributed by atoms with E-state index in [4.69, 9.17) is 5.11 Å². The molecule has 0 spiro atoms. The first-order valence-corrected chi connectivity index (χ1v) is 9.84. The molecule has 1 heterocycles. The van der Waals surface area contributed by atoms with Crippen LogP contribution in [-0.4, -0.2) is 50.6 Å². The Morgan fingerprint density at radius 1 is 1.33 bits per heavy atom. The van der Waals surface area contributed by atoms with Crippen molar-refractivity contribution in [3.05, 3.63) is 29.3 Å². The van der Waals surface area contributed by atoms with Crippen molar-refractivity contribution in [2.24, 2.45) is 5.92 Å². The molecule has 2 rings (SSSR count). The molecule has 0 amide bonds. The summed E-state index contributed by atoms with van der Waals surface area (Å²) >= 11 is 0. The topological polar surface area (TPSA) is 86.7 Å². The zero-order chi connectivity index (χ0) is 17.7. The molecule has 1 fully saturated rings. The highest BCUT2D eigenvalue weighted by Gasteiger charge is 2.20. The van der Waals surface area contributed by atoms with Gasteiger partial charge in [0.15, 0.2) is 0 Å². The number of nitrogens with one attached hydrogen (secondary N) is 1. The highest BCUT2D eigenvalue weighted by molar-refractivity contribution is 7.89. The maximum Gasteiger partial charge on any atom is 0.335 e. The lowest BCUT2D eigenvalue weighted by atomic mass is 9.99. The number of hydrogen-bond donors (Lipinski definition) is 2. The summed E-state index contributed by atoms with van der Waals surface area (Å²) in [5.74, 6) is -0.340. The van der Waals surface area contributed by atoms with Gasteiger partial charge in [0.25, 0.3) is 0 Å². The van der Waals surface area contributed by atoms with Crippen LogP contribution in [0, 0.1) is 12.8 Å². The Labute approximate surface area is 143 Å². The standard InChI is InChI=1S/C17H26N2O4S/c1-13-7-11-19(12-8-13)10-4-9-18-24(22,23)16-6-3-5-15(14(16)2)17(20)21/h3,5-6,13,18H,4,7-12H2,1-2H3,(H,20,21). The molecular formula is C17H26N2O4S. The molecule has 0 atom stereocenters. The van der Waals surface area contributed by atoms with Crippen molar-refractivity contribution in [3.8, 4) is 0 Å². The van der Waals surface area contributed by atoms with Gasteiger partial charge in [0.2, 0.25) is 10.0 Å². The number of nitrogens with zero attached hydrogens (tertiary/aromatic N) is 1. The van der Waals surface area contributed by atoms with Crippen LogP contribution in [0.2, 0.25) is 0 Å². The third kappa shape index (κ3) is 4.78. The van der Waals surface area contributed by atoms with E-state index >= 15 is 0 Å². The Bertz CT molecular complexity index is 680. The number of benzene rings is 1. The lowest BCUT2D eigenvalue weighted by Crippen LogP contribution is -2.35. The van der Waals surface area contributed by atoms with E-state index in [1.165, 1.54) is 38.0 Å². The van der Waals surface area contributed by atoms with E-state index in [2.05, 4.69) is 16.5 Å². The molecule has 7 heteroatoms. The number of rotatable bonds is 7. The molecule has 6 nitrogen and oxygen atoms in total. The predicted molar refractivity (Wildman–Crippen MR) is 92.8 cm³/mol. The number of carboxylic acid groups (broad SMARTS) is 1. The van der Waals surface area contributed by atoms with Crippen molar-refractivity contribution in [1.82, 2.24) is 9.62 Å². The van der Waals surface area contributed by atoms with Gasteiger partial charge < -0.3 is 10.0 Å². The minimum absolute atomic E-state index is 0.0142. The fourth-order valence-electron chi connectivity index (χ4n) is 3.01. The number of carboxylic acids is 1. The van der Waals surface area contributed by atoms with Gasteiger partial charge in [0, 0.05) is 6.54 Å². The van der Waals surface area contributed by atoms with Crippen molar-refractivity contribution >= 4 is 16.0 Å². The Hall–Kier alpha value is -1.44. The third-order valence-electron chi connectivity index (χ3n) is 4.62. The van der Waals surface area contributed by atoms with Crippen molar-refractivity contribution < 1.29 is 18.3 Å². The molecule has 1 aliphatic heterocycles. The zero-order valence-electron chi connectivity index (χ0n) is 14.3. The van der Waals surface area contributed by atoms with Gasteiger partial charge in [-0.25, -0.2) is 17.9 Å². The van der Waals surface area contributed by atoms with Crippen LogP contribution >= 0.6 is 0 Å². The van der Waals surface area contributed by atoms with Crippen molar-refractivity contribution in [2.45, 2.75) is 38.0 Å². The van der Waals surface area contributed by atoms with Crippen LogP contribution in [0.25, 0.3) is 0 Å². The second-order valence-corrected chi connectivity index (χ2v) is 8.24. The summed E-state index contributed by atoms with van der Waals surface area (Å²) in [6.07, 6.45) is 3.14. The van der Waals surface area contributed by atoms with Gasteiger partial charge in [0.05, 0.1) is 10.5 Å². The van der Waals surface area contributed by atoms with E-state index in [0.29, 0.717) is 6.54 Å². The van der Waals surface area contributed by atoms with Gasteiger partial charge in [-0.2, -0.15) is 0 Å². The Morgan fingerprint density at radius 3 is 2.62 bits per heavy atom. The Kier molecular flexibility index (Phi) is 6.37. The van der Waals surface area contributed by atoms with E-state index in [1.807, 2.05) is 0 Å². The van der Waals surface area contributed by atoms with Gasteiger partial charge in [-0.1, -0.05) is 13.0 Å². The molecule has 0 aliphatic carbocycles. The van der Waals surface area contributed by atoms with Crippen LogP contribution in [0.1, 0.15) is 42.1 Å². The molecule has 24 heavy (non-hydrogen) atoms. The van der Waals surface area contributed by atoms with Crippen LogP contribution in [0.4, 0.5) is 0 Å². The lowest BCUT2D eigenvalue weighted by Gasteiger charge is -2.30. The van der Waals surface area contributed by atoms with Gasteiger partial charge in [-0.05, 0) is 69.4 Å². The quantitative estimate of drug-likeness (QED) is 0.732. The highest BCUT2D eigenvalue weighted by Crippen LogP contribution is 2.19. The minimum atomic E-state index is -3.69. The van der Waals surface area contributed by atoms with E-state index in [0.717, 1.165) is 32.0 Å². The summed E-state index contributed by atoms with van der Waals surface area (Å²) in [4.78, 5) is 13.5. The van der Waals surface area contributed by atoms with E-state index in [-0.39, 0.29) is 16.0 Å². The summed E-state index contributed by atoms with van der Waals surface area (Å²) in [7, 11) is -3.69. The van der Waals surface area contributed by atoms with E-state index in [9.17, 15) is 13.2 Å². The SMILES string of the molecule is Cc1c(C(=O)O)cccc1S(=O)(=O)NCCCN1CCC(C)CC1. The van der Waals surface area contributed by atoms with Crippen LogP contribution in [0.5, 0.6) is 0 Å². The maximum atomic E-state index is 12.4. The first-order valence-electron chi connectivity index (χ1n) is 8.36. The van der Waals surface area contributed by atoms with Crippen LogP contribution in [-0.2, 0) is 10.0 Å².